The van der Waals surface area contributed by atoms with Crippen molar-refractivity contribution in [3.05, 3.63) is 114 Å². The topological polar surface area (TPSA) is 121 Å². The summed E-state index contributed by atoms with van der Waals surface area (Å²) >= 11 is 5.90. The first-order valence-corrected chi connectivity index (χ1v) is 13.9. The lowest BCUT2D eigenvalue weighted by atomic mass is 10.1. The zero-order valence-corrected chi connectivity index (χ0v) is 20.9. The van der Waals surface area contributed by atoms with Gasteiger partial charge in [0.25, 0.3) is 26.0 Å². The Labute approximate surface area is 214 Å². The summed E-state index contributed by atoms with van der Waals surface area (Å²) in [5.41, 5.74) is 0.831. The number of carbonyl (C=O) groups is 1. The fourth-order valence-corrected chi connectivity index (χ4v) is 5.60. The van der Waals surface area contributed by atoms with Crippen molar-refractivity contribution in [1.29, 1.82) is 0 Å². The Morgan fingerprint density at radius 2 is 1.22 bits per heavy atom. The quantitative estimate of drug-likeness (QED) is 0.283. The summed E-state index contributed by atoms with van der Waals surface area (Å²) in [6.45, 7) is 0. The Balaban J connectivity index is 1.50. The van der Waals surface area contributed by atoms with Crippen molar-refractivity contribution in [2.75, 3.05) is 14.8 Å². The molecule has 1 amide bonds. The van der Waals surface area contributed by atoms with E-state index in [1.54, 1.807) is 48.5 Å². The van der Waals surface area contributed by atoms with Gasteiger partial charge in [-0.05, 0) is 66.7 Å². The minimum Gasteiger partial charge on any atom is -0.322 e. The molecular formula is C25H20ClN3O5S2. The van der Waals surface area contributed by atoms with E-state index in [1.165, 1.54) is 54.6 Å². The van der Waals surface area contributed by atoms with E-state index >= 15 is 0 Å². The van der Waals surface area contributed by atoms with E-state index in [1.807, 2.05) is 0 Å². The zero-order chi connectivity index (χ0) is 25.8. The number of sulfonamides is 2. The summed E-state index contributed by atoms with van der Waals surface area (Å²) in [6, 6.07) is 25.8. The molecule has 0 saturated carbocycles. The number of para-hydroxylation sites is 1. The van der Waals surface area contributed by atoms with Crippen molar-refractivity contribution in [3.63, 3.8) is 0 Å². The van der Waals surface area contributed by atoms with E-state index in [0.717, 1.165) is 0 Å². The first kappa shape index (κ1) is 25.2. The Kier molecular flexibility index (Phi) is 7.30. The molecule has 0 aliphatic heterocycles. The van der Waals surface area contributed by atoms with Crippen LogP contribution in [0, 0.1) is 0 Å². The number of hydrogen-bond acceptors (Lipinski definition) is 5. The maximum Gasteiger partial charge on any atom is 0.261 e. The number of nitrogens with one attached hydrogen (secondary N) is 3. The molecule has 0 heterocycles. The highest BCUT2D eigenvalue weighted by atomic mass is 35.5. The highest BCUT2D eigenvalue weighted by Crippen LogP contribution is 2.23. The fourth-order valence-electron chi connectivity index (χ4n) is 3.26. The van der Waals surface area contributed by atoms with Gasteiger partial charge in [-0.2, -0.15) is 0 Å². The molecule has 0 saturated heterocycles. The van der Waals surface area contributed by atoms with Gasteiger partial charge in [-0.25, -0.2) is 16.8 Å². The first-order chi connectivity index (χ1) is 17.1. The van der Waals surface area contributed by atoms with Gasteiger partial charge in [-0.1, -0.05) is 48.0 Å². The summed E-state index contributed by atoms with van der Waals surface area (Å²) in [5.74, 6) is -0.575. The van der Waals surface area contributed by atoms with Crippen LogP contribution in [0.3, 0.4) is 0 Å². The number of anilines is 3. The van der Waals surface area contributed by atoms with Crippen LogP contribution in [0.15, 0.2) is 113 Å². The molecule has 4 aromatic rings. The molecule has 3 N–H and O–H groups in total. The molecule has 0 aliphatic rings. The predicted molar refractivity (Wildman–Crippen MR) is 140 cm³/mol. The molecule has 8 nitrogen and oxygen atoms in total. The third-order valence-corrected chi connectivity index (χ3v) is 7.98. The van der Waals surface area contributed by atoms with Gasteiger partial charge in [0.05, 0.1) is 26.7 Å². The molecular weight excluding hydrogens is 522 g/mol. The molecule has 0 unspecified atom stereocenters. The normalized spacial score (nSPS) is 11.5. The summed E-state index contributed by atoms with van der Waals surface area (Å²) in [5, 5.41) is 3.04. The van der Waals surface area contributed by atoms with Gasteiger partial charge < -0.3 is 5.32 Å². The monoisotopic (exact) mass is 541 g/mol. The largest absolute Gasteiger partial charge is 0.322 e. The smallest absolute Gasteiger partial charge is 0.261 e. The Morgan fingerprint density at radius 3 is 1.92 bits per heavy atom. The molecule has 0 spiro atoms. The Hall–Kier alpha value is -3.86. The van der Waals surface area contributed by atoms with Gasteiger partial charge >= 0.3 is 0 Å². The van der Waals surface area contributed by atoms with Gasteiger partial charge in [0.1, 0.15) is 0 Å². The fraction of sp³-hybridized carbons (Fsp3) is 0. The van der Waals surface area contributed by atoms with Crippen LogP contribution in [-0.4, -0.2) is 22.7 Å². The van der Waals surface area contributed by atoms with Crippen LogP contribution < -0.4 is 14.8 Å². The number of halogens is 1. The maximum atomic E-state index is 12.9. The lowest BCUT2D eigenvalue weighted by Gasteiger charge is -2.13. The Bertz CT molecular complexity index is 1610. The van der Waals surface area contributed by atoms with E-state index in [-0.39, 0.29) is 21.0 Å². The molecule has 4 aromatic carbocycles. The van der Waals surface area contributed by atoms with Crippen molar-refractivity contribution in [1.82, 2.24) is 0 Å². The molecule has 36 heavy (non-hydrogen) atoms. The van der Waals surface area contributed by atoms with Crippen LogP contribution in [0.1, 0.15) is 10.4 Å². The van der Waals surface area contributed by atoms with Crippen LogP contribution in [-0.2, 0) is 20.0 Å². The summed E-state index contributed by atoms with van der Waals surface area (Å²) < 4.78 is 55.6. The lowest BCUT2D eigenvalue weighted by molar-refractivity contribution is 0.102. The Morgan fingerprint density at radius 1 is 0.611 bits per heavy atom. The number of hydrogen-bond donors (Lipinski definition) is 3. The third kappa shape index (κ3) is 6.03. The molecule has 0 radical (unpaired) electrons. The lowest BCUT2D eigenvalue weighted by Crippen LogP contribution is -2.18. The average Bonchev–Trinajstić information content (AvgIpc) is 2.85. The van der Waals surface area contributed by atoms with Gasteiger partial charge in [0.15, 0.2) is 0 Å². The van der Waals surface area contributed by atoms with Gasteiger partial charge in [0.2, 0.25) is 0 Å². The predicted octanol–water partition coefficient (Wildman–Crippen LogP) is 5.19. The molecule has 4 rings (SSSR count). The maximum absolute atomic E-state index is 12.9. The van der Waals surface area contributed by atoms with Crippen molar-refractivity contribution < 1.29 is 21.6 Å². The van der Waals surface area contributed by atoms with Crippen LogP contribution in [0.4, 0.5) is 17.1 Å². The second-order valence-corrected chi connectivity index (χ2v) is 11.4. The van der Waals surface area contributed by atoms with E-state index in [0.29, 0.717) is 16.4 Å². The minimum absolute atomic E-state index is 0.0171. The van der Waals surface area contributed by atoms with Crippen LogP contribution in [0.5, 0.6) is 0 Å². The molecule has 0 fully saturated rings. The first-order valence-electron chi connectivity index (χ1n) is 10.5. The molecule has 0 atom stereocenters. The van der Waals surface area contributed by atoms with Crippen molar-refractivity contribution in [3.8, 4) is 0 Å². The van der Waals surface area contributed by atoms with Crippen LogP contribution in [0.2, 0.25) is 5.02 Å². The number of carbonyl (C=O) groups excluding carboxylic acids is 1. The van der Waals surface area contributed by atoms with Crippen molar-refractivity contribution >= 4 is 54.6 Å². The zero-order valence-electron chi connectivity index (χ0n) is 18.6. The van der Waals surface area contributed by atoms with Gasteiger partial charge in [-0.15, -0.1) is 0 Å². The second kappa shape index (κ2) is 10.4. The van der Waals surface area contributed by atoms with E-state index < -0.39 is 26.0 Å². The van der Waals surface area contributed by atoms with Crippen LogP contribution in [0.25, 0.3) is 0 Å². The molecule has 0 aromatic heterocycles. The number of rotatable bonds is 8. The second-order valence-electron chi connectivity index (χ2n) is 7.56. The van der Waals surface area contributed by atoms with Crippen molar-refractivity contribution in [2.24, 2.45) is 0 Å². The third-order valence-electron chi connectivity index (χ3n) is 4.97. The number of benzene rings is 4. The van der Waals surface area contributed by atoms with Crippen LogP contribution >= 0.6 is 11.6 Å². The summed E-state index contributed by atoms with van der Waals surface area (Å²) in [4.78, 5) is 13.0. The average molecular weight is 542 g/mol. The summed E-state index contributed by atoms with van der Waals surface area (Å²) in [7, 11) is -7.78. The molecule has 11 heteroatoms. The van der Waals surface area contributed by atoms with Gasteiger partial charge in [-0.3, -0.25) is 14.2 Å². The van der Waals surface area contributed by atoms with E-state index in [4.69, 9.17) is 11.6 Å². The molecule has 184 valence electrons. The molecule has 0 bridgehead atoms. The minimum atomic E-state index is -3.90. The SMILES string of the molecule is O=C(Nc1ccc(S(=O)(=O)Nc2cccc(Cl)c2)cc1)c1ccccc1NS(=O)(=O)c1ccccc1. The standard InChI is InChI=1S/C25H20ClN3O5S2/c26-18-7-6-8-20(17-18)28-35(31,32)22-15-13-19(14-16-22)27-25(30)23-11-4-5-12-24(23)29-36(33,34)21-9-2-1-3-10-21/h1-17,28-29H,(H,27,30). The highest BCUT2D eigenvalue weighted by Gasteiger charge is 2.19. The van der Waals surface area contributed by atoms with Crippen molar-refractivity contribution in [2.45, 2.75) is 9.79 Å². The number of amides is 1. The van der Waals surface area contributed by atoms with E-state index in [9.17, 15) is 21.6 Å². The van der Waals surface area contributed by atoms with E-state index in [2.05, 4.69) is 14.8 Å². The van der Waals surface area contributed by atoms with Gasteiger partial charge in [0, 0.05) is 10.7 Å². The summed E-state index contributed by atoms with van der Waals surface area (Å²) in [6.07, 6.45) is 0. The highest BCUT2D eigenvalue weighted by molar-refractivity contribution is 7.93. The molecule has 0 aliphatic carbocycles.